The van der Waals surface area contributed by atoms with E-state index in [1.165, 1.54) is 0 Å². The summed E-state index contributed by atoms with van der Waals surface area (Å²) in [6.45, 7) is -0.0995. The average molecular weight is 329 g/mol. The van der Waals surface area contributed by atoms with E-state index in [0.717, 1.165) is 11.1 Å². The molecule has 6 nitrogen and oxygen atoms in total. The van der Waals surface area contributed by atoms with Crippen molar-refractivity contribution in [3.8, 4) is 0 Å². The van der Waals surface area contributed by atoms with Gasteiger partial charge in [-0.2, -0.15) is 0 Å². The van der Waals surface area contributed by atoms with Crippen LogP contribution in [0.5, 0.6) is 0 Å². The maximum absolute atomic E-state index is 11.6. The van der Waals surface area contributed by atoms with E-state index in [1.807, 2.05) is 48.5 Å². The average Bonchev–Trinajstić information content (AvgIpc) is 2.64. The first-order valence-electron chi connectivity index (χ1n) is 7.48. The number of alkyl carbamates (subject to hydrolysis) is 1. The number of carbonyl (C=O) groups excluding carboxylic acids is 2. The Bertz CT molecular complexity index is 645. The molecule has 2 aromatic carbocycles. The SMILES string of the molecule is O=C(NC[C@H](O)C(=O)OCc1ccccc1)OCc1ccccc1. The van der Waals surface area contributed by atoms with Gasteiger partial charge in [-0.25, -0.2) is 9.59 Å². The molecule has 0 heterocycles. The number of hydrogen-bond donors (Lipinski definition) is 2. The predicted octanol–water partition coefficient (Wildman–Crippen LogP) is 2.02. The lowest BCUT2D eigenvalue weighted by molar-refractivity contribution is -0.154. The number of benzene rings is 2. The van der Waals surface area contributed by atoms with Gasteiger partial charge in [0.1, 0.15) is 13.2 Å². The van der Waals surface area contributed by atoms with Crippen LogP contribution in [0.4, 0.5) is 4.79 Å². The van der Waals surface area contributed by atoms with Crippen LogP contribution in [0.1, 0.15) is 11.1 Å². The first kappa shape index (κ1) is 17.5. The van der Waals surface area contributed by atoms with E-state index >= 15 is 0 Å². The highest BCUT2D eigenvalue weighted by molar-refractivity contribution is 5.76. The maximum Gasteiger partial charge on any atom is 0.407 e. The van der Waals surface area contributed by atoms with Gasteiger partial charge in [0.25, 0.3) is 0 Å². The zero-order valence-electron chi connectivity index (χ0n) is 13.1. The first-order valence-corrected chi connectivity index (χ1v) is 7.48. The number of aliphatic hydroxyl groups excluding tert-OH is 1. The summed E-state index contributed by atoms with van der Waals surface area (Å²) in [6.07, 6.45) is -2.16. The van der Waals surface area contributed by atoms with Crippen LogP contribution in [0, 0.1) is 0 Å². The Labute approximate surface area is 140 Å². The van der Waals surface area contributed by atoms with Crippen molar-refractivity contribution in [1.29, 1.82) is 0 Å². The molecule has 0 aliphatic heterocycles. The molecule has 0 radical (unpaired) electrons. The normalized spacial score (nSPS) is 11.4. The number of nitrogens with one attached hydrogen (secondary N) is 1. The molecule has 6 heteroatoms. The molecule has 2 N–H and O–H groups in total. The second-order valence-corrected chi connectivity index (χ2v) is 5.05. The maximum atomic E-state index is 11.6. The smallest absolute Gasteiger partial charge is 0.407 e. The summed E-state index contributed by atoms with van der Waals surface area (Å²) in [4.78, 5) is 23.2. The molecule has 2 aromatic rings. The number of ether oxygens (including phenoxy) is 2. The molecule has 0 fully saturated rings. The molecule has 0 spiro atoms. The number of amides is 1. The van der Waals surface area contributed by atoms with Crippen LogP contribution in [0.25, 0.3) is 0 Å². The van der Waals surface area contributed by atoms with Crippen molar-refractivity contribution in [3.63, 3.8) is 0 Å². The minimum atomic E-state index is -1.45. The van der Waals surface area contributed by atoms with Gasteiger partial charge >= 0.3 is 12.1 Å². The van der Waals surface area contributed by atoms with Crippen LogP contribution in [-0.4, -0.2) is 29.8 Å². The number of rotatable bonds is 7. The quantitative estimate of drug-likeness (QED) is 0.759. The standard InChI is InChI=1S/C18H19NO5/c20-16(17(21)23-12-14-7-3-1-4-8-14)11-19-18(22)24-13-15-9-5-2-6-10-15/h1-10,16,20H,11-13H2,(H,19,22)/t16-/m0/s1. The molecule has 0 unspecified atom stereocenters. The predicted molar refractivity (Wildman–Crippen MR) is 86.9 cm³/mol. The van der Waals surface area contributed by atoms with Crippen molar-refractivity contribution >= 4 is 12.1 Å². The van der Waals surface area contributed by atoms with Crippen LogP contribution in [0.2, 0.25) is 0 Å². The van der Waals surface area contributed by atoms with Gasteiger partial charge < -0.3 is 19.9 Å². The summed E-state index contributed by atoms with van der Waals surface area (Å²) < 4.78 is 9.94. The minimum absolute atomic E-state index is 0.0647. The molecule has 1 atom stereocenters. The highest BCUT2D eigenvalue weighted by Gasteiger charge is 2.18. The van der Waals surface area contributed by atoms with Crippen LogP contribution < -0.4 is 5.32 Å². The van der Waals surface area contributed by atoms with Gasteiger partial charge in [-0.05, 0) is 11.1 Å². The first-order chi connectivity index (χ1) is 11.6. The largest absolute Gasteiger partial charge is 0.459 e. The molecule has 0 aromatic heterocycles. The van der Waals surface area contributed by atoms with Crippen molar-refractivity contribution in [2.75, 3.05) is 6.54 Å². The Kier molecular flexibility index (Phi) is 6.79. The van der Waals surface area contributed by atoms with Crippen molar-refractivity contribution in [2.24, 2.45) is 0 Å². The molecule has 0 saturated heterocycles. The minimum Gasteiger partial charge on any atom is -0.459 e. The fraction of sp³-hybridized carbons (Fsp3) is 0.222. The zero-order chi connectivity index (χ0) is 17.2. The van der Waals surface area contributed by atoms with E-state index in [9.17, 15) is 14.7 Å². The van der Waals surface area contributed by atoms with Crippen molar-refractivity contribution in [2.45, 2.75) is 19.3 Å². The van der Waals surface area contributed by atoms with E-state index in [2.05, 4.69) is 5.32 Å². The van der Waals surface area contributed by atoms with Gasteiger partial charge in [0.05, 0.1) is 6.54 Å². The van der Waals surface area contributed by atoms with Crippen LogP contribution in [-0.2, 0) is 27.5 Å². The highest BCUT2D eigenvalue weighted by atomic mass is 16.6. The lowest BCUT2D eigenvalue weighted by Crippen LogP contribution is -2.37. The van der Waals surface area contributed by atoms with Gasteiger partial charge in [0.2, 0.25) is 0 Å². The Morgan fingerprint density at radius 1 is 0.875 bits per heavy atom. The van der Waals surface area contributed by atoms with Crippen molar-refractivity contribution in [3.05, 3.63) is 71.8 Å². The van der Waals surface area contributed by atoms with E-state index < -0.39 is 18.2 Å². The van der Waals surface area contributed by atoms with E-state index in [4.69, 9.17) is 9.47 Å². The summed E-state index contributed by atoms with van der Waals surface area (Å²) in [7, 11) is 0. The third-order valence-corrected chi connectivity index (χ3v) is 3.15. The van der Waals surface area contributed by atoms with Crippen molar-refractivity contribution in [1.82, 2.24) is 5.32 Å². The van der Waals surface area contributed by atoms with Crippen molar-refractivity contribution < 1.29 is 24.2 Å². The second-order valence-electron chi connectivity index (χ2n) is 5.05. The Hall–Kier alpha value is -2.86. The van der Waals surface area contributed by atoms with E-state index in [1.54, 1.807) is 12.1 Å². The van der Waals surface area contributed by atoms with Gasteiger partial charge in [0.15, 0.2) is 6.10 Å². The third kappa shape index (κ3) is 6.10. The lowest BCUT2D eigenvalue weighted by Gasteiger charge is -2.12. The van der Waals surface area contributed by atoms with Gasteiger partial charge in [-0.1, -0.05) is 60.7 Å². The van der Waals surface area contributed by atoms with Gasteiger partial charge in [-0.15, -0.1) is 0 Å². The zero-order valence-corrected chi connectivity index (χ0v) is 13.1. The molecule has 0 aliphatic carbocycles. The molecule has 2 rings (SSSR count). The molecule has 126 valence electrons. The number of esters is 1. The summed E-state index contributed by atoms with van der Waals surface area (Å²) in [5.74, 6) is -0.804. The van der Waals surface area contributed by atoms with E-state index in [-0.39, 0.29) is 19.8 Å². The molecular formula is C18H19NO5. The fourth-order valence-corrected chi connectivity index (χ4v) is 1.86. The Balaban J connectivity index is 1.65. The number of carbonyl (C=O) groups is 2. The lowest BCUT2D eigenvalue weighted by atomic mass is 10.2. The molecule has 1 amide bonds. The molecule has 24 heavy (non-hydrogen) atoms. The summed E-state index contributed by atoms with van der Waals surface area (Å²) in [6, 6.07) is 18.3. The van der Waals surface area contributed by atoms with Gasteiger partial charge in [-0.3, -0.25) is 0 Å². The van der Waals surface area contributed by atoms with Gasteiger partial charge in [0, 0.05) is 0 Å². The third-order valence-electron chi connectivity index (χ3n) is 3.15. The Morgan fingerprint density at radius 2 is 1.38 bits per heavy atom. The van der Waals surface area contributed by atoms with Crippen LogP contribution >= 0.6 is 0 Å². The summed E-state index contributed by atoms with van der Waals surface area (Å²) >= 11 is 0. The molecular weight excluding hydrogens is 310 g/mol. The molecule has 0 bridgehead atoms. The van der Waals surface area contributed by atoms with E-state index in [0.29, 0.717) is 0 Å². The highest BCUT2D eigenvalue weighted by Crippen LogP contribution is 2.02. The number of aliphatic hydroxyl groups is 1. The monoisotopic (exact) mass is 329 g/mol. The topological polar surface area (TPSA) is 84.9 Å². The number of hydrogen-bond acceptors (Lipinski definition) is 5. The summed E-state index contributed by atoms with van der Waals surface area (Å²) in [5, 5.41) is 12.0. The Morgan fingerprint density at radius 3 is 1.92 bits per heavy atom. The molecule has 0 aliphatic rings. The second kappa shape index (κ2) is 9.32. The van der Waals surface area contributed by atoms with Crippen LogP contribution in [0.15, 0.2) is 60.7 Å². The fourth-order valence-electron chi connectivity index (χ4n) is 1.86. The summed E-state index contributed by atoms with van der Waals surface area (Å²) in [5.41, 5.74) is 1.66. The molecule has 0 saturated carbocycles. The van der Waals surface area contributed by atoms with Crippen LogP contribution in [0.3, 0.4) is 0 Å².